The van der Waals surface area contributed by atoms with E-state index in [0.717, 1.165) is 0 Å². The summed E-state index contributed by atoms with van der Waals surface area (Å²) in [6.45, 7) is -0.189. The highest BCUT2D eigenvalue weighted by molar-refractivity contribution is 6.42. The van der Waals surface area contributed by atoms with Gasteiger partial charge >= 0.3 is 6.18 Å². The van der Waals surface area contributed by atoms with E-state index in [1.54, 1.807) is 0 Å². The Morgan fingerprint density at radius 2 is 1.76 bits per heavy atom. The number of alkyl halides is 3. The largest absolute Gasteiger partial charge is 0.397 e. The van der Waals surface area contributed by atoms with Crippen LogP contribution in [0.3, 0.4) is 0 Å². The van der Waals surface area contributed by atoms with Crippen molar-refractivity contribution in [2.75, 3.05) is 24.2 Å². The molecule has 0 heterocycles. The number of rotatable bonds is 3. The molecule has 7 heteroatoms. The summed E-state index contributed by atoms with van der Waals surface area (Å²) in [5.41, 5.74) is 6.39. The molecule has 0 fully saturated rings. The number of nitrogens with two attached hydrogens (primary N) is 1. The zero-order valence-electron chi connectivity index (χ0n) is 8.98. The monoisotopic (exact) mass is 286 g/mol. The van der Waals surface area contributed by atoms with E-state index >= 15 is 0 Å². The van der Waals surface area contributed by atoms with E-state index in [4.69, 9.17) is 28.9 Å². The van der Waals surface area contributed by atoms with Crippen molar-refractivity contribution in [3.8, 4) is 0 Å². The Morgan fingerprint density at radius 1 is 1.24 bits per heavy atom. The summed E-state index contributed by atoms with van der Waals surface area (Å²) in [5, 5.41) is 0.534. The smallest absolute Gasteiger partial charge is 0.390 e. The lowest BCUT2D eigenvalue weighted by Gasteiger charge is -2.22. The number of hydrogen-bond acceptors (Lipinski definition) is 2. The van der Waals surface area contributed by atoms with Gasteiger partial charge in [-0.05, 0) is 12.1 Å². The van der Waals surface area contributed by atoms with Crippen LogP contribution in [0.4, 0.5) is 24.5 Å². The van der Waals surface area contributed by atoms with Crippen molar-refractivity contribution < 1.29 is 13.2 Å². The molecule has 17 heavy (non-hydrogen) atoms. The van der Waals surface area contributed by atoms with Crippen LogP contribution in [0, 0.1) is 0 Å². The molecule has 0 unspecified atom stereocenters. The normalized spacial score (nSPS) is 11.6. The molecule has 1 aromatic carbocycles. The fourth-order valence-electron chi connectivity index (χ4n) is 1.30. The van der Waals surface area contributed by atoms with Gasteiger partial charge in [0.25, 0.3) is 0 Å². The summed E-state index contributed by atoms with van der Waals surface area (Å²) in [7, 11) is 1.52. The first-order chi connectivity index (χ1) is 7.70. The molecule has 0 radical (unpaired) electrons. The summed E-state index contributed by atoms with van der Waals surface area (Å²) in [5.74, 6) is 0. The van der Waals surface area contributed by atoms with Gasteiger partial charge in [0.15, 0.2) is 0 Å². The third-order valence-corrected chi connectivity index (χ3v) is 2.93. The molecule has 1 aromatic rings. The molecule has 96 valence electrons. The van der Waals surface area contributed by atoms with Gasteiger partial charge in [0.2, 0.25) is 0 Å². The second kappa shape index (κ2) is 5.23. The standard InChI is InChI=1S/C10H11Cl2F3N2/c1-17(3-2-10(13,14)15)9-5-7(12)6(11)4-8(9)16/h4-5H,2-3,16H2,1H3. The Morgan fingerprint density at radius 3 is 2.29 bits per heavy atom. The van der Waals surface area contributed by atoms with Gasteiger partial charge in [-0.2, -0.15) is 13.2 Å². The maximum Gasteiger partial charge on any atom is 0.390 e. The van der Waals surface area contributed by atoms with Gasteiger partial charge in [-0.15, -0.1) is 0 Å². The molecular weight excluding hydrogens is 276 g/mol. The third-order valence-electron chi connectivity index (χ3n) is 2.21. The summed E-state index contributed by atoms with van der Waals surface area (Å²) < 4.78 is 36.2. The lowest BCUT2D eigenvalue weighted by Crippen LogP contribution is -2.24. The van der Waals surface area contributed by atoms with Crippen LogP contribution < -0.4 is 10.6 Å². The Bertz CT molecular complexity index is 407. The van der Waals surface area contributed by atoms with Gasteiger partial charge in [-0.1, -0.05) is 23.2 Å². The van der Waals surface area contributed by atoms with E-state index < -0.39 is 12.6 Å². The molecule has 0 aliphatic rings. The van der Waals surface area contributed by atoms with E-state index in [0.29, 0.717) is 11.4 Å². The Labute approximate surface area is 107 Å². The average molecular weight is 287 g/mol. The highest BCUT2D eigenvalue weighted by Gasteiger charge is 2.27. The minimum absolute atomic E-state index is 0.189. The van der Waals surface area contributed by atoms with Crippen LogP contribution in [0.15, 0.2) is 12.1 Å². The SMILES string of the molecule is CN(CCC(F)(F)F)c1cc(Cl)c(Cl)cc1N. The average Bonchev–Trinajstić information content (AvgIpc) is 2.19. The molecule has 0 saturated carbocycles. The number of benzene rings is 1. The van der Waals surface area contributed by atoms with Gasteiger partial charge in [0.1, 0.15) is 0 Å². The molecule has 0 aromatic heterocycles. The summed E-state index contributed by atoms with van der Waals surface area (Å²) in [6.07, 6.45) is -5.11. The molecule has 0 atom stereocenters. The molecule has 2 nitrogen and oxygen atoms in total. The number of nitrogen functional groups attached to an aromatic ring is 1. The summed E-state index contributed by atoms with van der Waals surface area (Å²) in [6, 6.07) is 2.87. The fraction of sp³-hybridized carbons (Fsp3) is 0.400. The second-order valence-electron chi connectivity index (χ2n) is 3.61. The predicted octanol–water partition coefficient (Wildman–Crippen LogP) is 3.96. The first kappa shape index (κ1) is 14.3. The molecular formula is C10H11Cl2F3N2. The molecule has 0 spiro atoms. The van der Waals surface area contributed by atoms with Gasteiger partial charge in [-0.3, -0.25) is 0 Å². The van der Waals surface area contributed by atoms with Crippen LogP contribution in [-0.4, -0.2) is 19.8 Å². The van der Waals surface area contributed by atoms with E-state index in [1.165, 1.54) is 24.1 Å². The Balaban J connectivity index is 2.82. The van der Waals surface area contributed by atoms with Gasteiger partial charge in [0, 0.05) is 13.6 Å². The summed E-state index contributed by atoms with van der Waals surface area (Å²) in [4.78, 5) is 1.39. The highest BCUT2D eigenvalue weighted by Crippen LogP contribution is 2.33. The Hall–Kier alpha value is -0.810. The van der Waals surface area contributed by atoms with E-state index in [9.17, 15) is 13.2 Å². The first-order valence-electron chi connectivity index (χ1n) is 4.73. The number of halogens is 5. The van der Waals surface area contributed by atoms with Crippen molar-refractivity contribution in [3.63, 3.8) is 0 Å². The highest BCUT2D eigenvalue weighted by atomic mass is 35.5. The second-order valence-corrected chi connectivity index (χ2v) is 4.43. The van der Waals surface area contributed by atoms with Crippen molar-refractivity contribution in [3.05, 3.63) is 22.2 Å². The van der Waals surface area contributed by atoms with Gasteiger partial charge in [0.05, 0.1) is 27.8 Å². The van der Waals surface area contributed by atoms with Crippen LogP contribution in [0.5, 0.6) is 0 Å². The predicted molar refractivity (Wildman–Crippen MR) is 64.8 cm³/mol. The molecule has 0 aliphatic heterocycles. The zero-order chi connectivity index (χ0) is 13.2. The van der Waals surface area contributed by atoms with Crippen LogP contribution in [0.1, 0.15) is 6.42 Å². The van der Waals surface area contributed by atoms with Crippen LogP contribution in [0.25, 0.3) is 0 Å². The fourth-order valence-corrected chi connectivity index (χ4v) is 1.63. The topological polar surface area (TPSA) is 29.3 Å². The van der Waals surface area contributed by atoms with Crippen molar-refractivity contribution in [1.29, 1.82) is 0 Å². The maximum absolute atomic E-state index is 12.1. The molecule has 0 aliphatic carbocycles. The molecule has 0 amide bonds. The minimum Gasteiger partial charge on any atom is -0.397 e. The summed E-state index contributed by atoms with van der Waals surface area (Å²) >= 11 is 11.5. The van der Waals surface area contributed by atoms with Crippen LogP contribution in [-0.2, 0) is 0 Å². The molecule has 0 bridgehead atoms. The number of anilines is 2. The van der Waals surface area contributed by atoms with Gasteiger partial charge in [-0.25, -0.2) is 0 Å². The van der Waals surface area contributed by atoms with Crippen molar-refractivity contribution >= 4 is 34.6 Å². The van der Waals surface area contributed by atoms with E-state index in [2.05, 4.69) is 0 Å². The van der Waals surface area contributed by atoms with Crippen molar-refractivity contribution in [1.82, 2.24) is 0 Å². The number of nitrogens with zero attached hydrogens (tertiary/aromatic N) is 1. The van der Waals surface area contributed by atoms with Crippen molar-refractivity contribution in [2.24, 2.45) is 0 Å². The Kier molecular flexibility index (Phi) is 4.38. The quantitative estimate of drug-likeness (QED) is 0.852. The molecule has 1 rings (SSSR count). The molecule has 2 N–H and O–H groups in total. The lowest BCUT2D eigenvalue weighted by atomic mass is 10.2. The van der Waals surface area contributed by atoms with E-state index in [-0.39, 0.29) is 16.6 Å². The van der Waals surface area contributed by atoms with Crippen LogP contribution in [0.2, 0.25) is 10.0 Å². The van der Waals surface area contributed by atoms with E-state index in [1.807, 2.05) is 0 Å². The van der Waals surface area contributed by atoms with Gasteiger partial charge < -0.3 is 10.6 Å². The third kappa shape index (κ3) is 4.16. The molecule has 0 saturated heterocycles. The lowest BCUT2D eigenvalue weighted by molar-refractivity contribution is -0.132. The van der Waals surface area contributed by atoms with Crippen molar-refractivity contribution in [2.45, 2.75) is 12.6 Å². The minimum atomic E-state index is -4.20. The zero-order valence-corrected chi connectivity index (χ0v) is 10.5. The first-order valence-corrected chi connectivity index (χ1v) is 5.48. The van der Waals surface area contributed by atoms with Crippen LogP contribution >= 0.6 is 23.2 Å². The maximum atomic E-state index is 12.1. The number of hydrogen-bond donors (Lipinski definition) is 1.